The minimum Gasteiger partial charge on any atom is -0.385 e. The summed E-state index contributed by atoms with van der Waals surface area (Å²) in [5.74, 6) is 0.587. The number of carbonyl (C=O) groups excluding carboxylic acids is 1. The molecular formula is C15H21ClN2O. The lowest BCUT2D eigenvalue weighted by atomic mass is 9.80. The Bertz CT molecular complexity index is 457. The van der Waals surface area contributed by atoms with E-state index in [4.69, 9.17) is 11.6 Å². The van der Waals surface area contributed by atoms with E-state index in [1.54, 1.807) is 12.1 Å². The molecule has 3 nitrogen and oxygen atoms in total. The van der Waals surface area contributed by atoms with Crippen LogP contribution in [0.5, 0.6) is 0 Å². The summed E-state index contributed by atoms with van der Waals surface area (Å²) in [5, 5.41) is 6.87. The zero-order valence-corrected chi connectivity index (χ0v) is 12.3. The van der Waals surface area contributed by atoms with E-state index in [0.29, 0.717) is 16.5 Å². The standard InChI is InChI=1S/C15H21ClN2O/c1-3-17-14-8-7-12(16)9-13(14)15(19)18-10(2)11-5-4-6-11/h7-11,17H,3-6H2,1-2H3,(H,18,19). The maximum atomic E-state index is 12.3. The summed E-state index contributed by atoms with van der Waals surface area (Å²) < 4.78 is 0. The number of hydrogen-bond acceptors (Lipinski definition) is 2. The first-order valence-corrected chi connectivity index (χ1v) is 7.34. The number of amides is 1. The number of benzene rings is 1. The molecular weight excluding hydrogens is 260 g/mol. The van der Waals surface area contributed by atoms with Crippen LogP contribution in [-0.4, -0.2) is 18.5 Å². The Morgan fingerprint density at radius 3 is 2.79 bits per heavy atom. The molecule has 104 valence electrons. The van der Waals surface area contributed by atoms with Gasteiger partial charge in [0.05, 0.1) is 5.56 Å². The fourth-order valence-electron chi connectivity index (χ4n) is 2.39. The van der Waals surface area contributed by atoms with Crippen molar-refractivity contribution in [3.63, 3.8) is 0 Å². The Morgan fingerprint density at radius 1 is 1.47 bits per heavy atom. The zero-order chi connectivity index (χ0) is 13.8. The Hall–Kier alpha value is -1.22. The van der Waals surface area contributed by atoms with Crippen LogP contribution in [0.2, 0.25) is 5.02 Å². The molecule has 1 amide bonds. The summed E-state index contributed by atoms with van der Waals surface area (Å²) in [7, 11) is 0. The summed E-state index contributed by atoms with van der Waals surface area (Å²) >= 11 is 5.99. The maximum absolute atomic E-state index is 12.3. The van der Waals surface area contributed by atoms with Crippen molar-refractivity contribution in [3.8, 4) is 0 Å². The quantitative estimate of drug-likeness (QED) is 0.864. The Morgan fingerprint density at radius 2 is 2.21 bits per heavy atom. The lowest BCUT2D eigenvalue weighted by molar-refractivity contribution is 0.0910. The summed E-state index contributed by atoms with van der Waals surface area (Å²) in [6, 6.07) is 5.61. The molecule has 0 radical (unpaired) electrons. The highest BCUT2D eigenvalue weighted by molar-refractivity contribution is 6.31. The average Bonchev–Trinajstić information content (AvgIpc) is 2.29. The molecule has 1 saturated carbocycles. The third-order valence-corrected chi connectivity index (χ3v) is 4.04. The fraction of sp³-hybridized carbons (Fsp3) is 0.533. The van der Waals surface area contributed by atoms with Crippen molar-refractivity contribution < 1.29 is 4.79 Å². The predicted molar refractivity (Wildman–Crippen MR) is 79.9 cm³/mol. The molecule has 19 heavy (non-hydrogen) atoms. The monoisotopic (exact) mass is 280 g/mol. The van der Waals surface area contributed by atoms with Gasteiger partial charge in [-0.05, 0) is 50.8 Å². The van der Waals surface area contributed by atoms with Gasteiger partial charge in [-0.2, -0.15) is 0 Å². The summed E-state index contributed by atoms with van der Waals surface area (Å²) in [6.07, 6.45) is 3.72. The van der Waals surface area contributed by atoms with Crippen LogP contribution in [0.4, 0.5) is 5.69 Å². The molecule has 4 heteroatoms. The third kappa shape index (κ3) is 3.41. The first-order chi connectivity index (χ1) is 9.11. The molecule has 0 bridgehead atoms. The van der Waals surface area contributed by atoms with E-state index in [9.17, 15) is 4.79 Å². The molecule has 1 aliphatic rings. The van der Waals surface area contributed by atoms with Gasteiger partial charge in [0.1, 0.15) is 0 Å². The SMILES string of the molecule is CCNc1ccc(Cl)cc1C(=O)NC(C)C1CCC1. The van der Waals surface area contributed by atoms with Crippen molar-refractivity contribution in [2.45, 2.75) is 39.2 Å². The van der Waals surface area contributed by atoms with E-state index in [2.05, 4.69) is 17.6 Å². The third-order valence-electron chi connectivity index (χ3n) is 3.81. The number of carbonyl (C=O) groups is 1. The lowest BCUT2D eigenvalue weighted by Crippen LogP contribution is -2.40. The fourth-order valence-corrected chi connectivity index (χ4v) is 2.56. The van der Waals surface area contributed by atoms with E-state index < -0.39 is 0 Å². The highest BCUT2D eigenvalue weighted by Crippen LogP contribution is 2.30. The molecule has 0 aliphatic heterocycles. The van der Waals surface area contributed by atoms with E-state index in [0.717, 1.165) is 12.2 Å². The Labute approximate surface area is 119 Å². The van der Waals surface area contributed by atoms with Crippen LogP contribution in [0.1, 0.15) is 43.5 Å². The number of rotatable bonds is 5. The first kappa shape index (κ1) is 14.2. The number of hydrogen-bond donors (Lipinski definition) is 2. The molecule has 2 rings (SSSR count). The molecule has 2 N–H and O–H groups in total. The van der Waals surface area contributed by atoms with Crippen LogP contribution in [0, 0.1) is 5.92 Å². The van der Waals surface area contributed by atoms with Crippen molar-refractivity contribution in [3.05, 3.63) is 28.8 Å². The van der Waals surface area contributed by atoms with Gasteiger partial charge in [0.15, 0.2) is 0 Å². The summed E-state index contributed by atoms with van der Waals surface area (Å²) in [5.41, 5.74) is 1.46. The Balaban J connectivity index is 2.10. The second kappa shape index (κ2) is 6.29. The molecule has 0 saturated heterocycles. The van der Waals surface area contributed by atoms with Gasteiger partial charge >= 0.3 is 0 Å². The predicted octanol–water partition coefficient (Wildman–Crippen LogP) is 3.69. The van der Waals surface area contributed by atoms with Crippen LogP contribution in [-0.2, 0) is 0 Å². The molecule has 1 aromatic carbocycles. The smallest absolute Gasteiger partial charge is 0.253 e. The van der Waals surface area contributed by atoms with Gasteiger partial charge in [0.2, 0.25) is 0 Å². The molecule has 1 aliphatic carbocycles. The van der Waals surface area contributed by atoms with E-state index in [-0.39, 0.29) is 11.9 Å². The van der Waals surface area contributed by atoms with Gasteiger partial charge in [0, 0.05) is 23.3 Å². The van der Waals surface area contributed by atoms with Crippen molar-refractivity contribution in [2.75, 3.05) is 11.9 Å². The normalized spacial score (nSPS) is 16.6. The first-order valence-electron chi connectivity index (χ1n) is 6.96. The molecule has 0 heterocycles. The Kier molecular flexibility index (Phi) is 4.70. The number of anilines is 1. The minimum absolute atomic E-state index is 0.0437. The summed E-state index contributed by atoms with van der Waals surface area (Å²) in [4.78, 5) is 12.3. The van der Waals surface area contributed by atoms with Crippen molar-refractivity contribution in [1.82, 2.24) is 5.32 Å². The molecule has 1 atom stereocenters. The van der Waals surface area contributed by atoms with Gasteiger partial charge in [-0.15, -0.1) is 0 Å². The van der Waals surface area contributed by atoms with Crippen LogP contribution >= 0.6 is 11.6 Å². The number of nitrogens with one attached hydrogen (secondary N) is 2. The zero-order valence-electron chi connectivity index (χ0n) is 11.5. The number of halogens is 1. The second-order valence-electron chi connectivity index (χ2n) is 5.17. The lowest BCUT2D eigenvalue weighted by Gasteiger charge is -2.32. The molecule has 1 unspecified atom stereocenters. The molecule has 1 aromatic rings. The summed E-state index contributed by atoms with van der Waals surface area (Å²) in [6.45, 7) is 4.87. The topological polar surface area (TPSA) is 41.1 Å². The van der Waals surface area contributed by atoms with Crippen LogP contribution in [0.3, 0.4) is 0 Å². The van der Waals surface area contributed by atoms with Crippen molar-refractivity contribution in [2.24, 2.45) is 5.92 Å². The van der Waals surface area contributed by atoms with Gasteiger partial charge < -0.3 is 10.6 Å². The van der Waals surface area contributed by atoms with Crippen LogP contribution in [0.15, 0.2) is 18.2 Å². The van der Waals surface area contributed by atoms with Gasteiger partial charge in [0.25, 0.3) is 5.91 Å². The van der Waals surface area contributed by atoms with Crippen LogP contribution < -0.4 is 10.6 Å². The van der Waals surface area contributed by atoms with Gasteiger partial charge in [-0.25, -0.2) is 0 Å². The highest BCUT2D eigenvalue weighted by atomic mass is 35.5. The largest absolute Gasteiger partial charge is 0.385 e. The molecule has 0 aromatic heterocycles. The van der Waals surface area contributed by atoms with Gasteiger partial charge in [-0.1, -0.05) is 18.0 Å². The van der Waals surface area contributed by atoms with Crippen molar-refractivity contribution >= 4 is 23.2 Å². The van der Waals surface area contributed by atoms with Crippen LogP contribution in [0.25, 0.3) is 0 Å². The molecule has 1 fully saturated rings. The maximum Gasteiger partial charge on any atom is 0.253 e. The molecule has 0 spiro atoms. The van der Waals surface area contributed by atoms with Gasteiger partial charge in [-0.3, -0.25) is 4.79 Å². The van der Waals surface area contributed by atoms with E-state index >= 15 is 0 Å². The van der Waals surface area contributed by atoms with Crippen molar-refractivity contribution in [1.29, 1.82) is 0 Å². The second-order valence-corrected chi connectivity index (χ2v) is 5.61. The average molecular weight is 281 g/mol. The highest BCUT2D eigenvalue weighted by Gasteiger charge is 2.25. The van der Waals surface area contributed by atoms with E-state index in [1.807, 2.05) is 13.0 Å². The van der Waals surface area contributed by atoms with E-state index in [1.165, 1.54) is 19.3 Å². The minimum atomic E-state index is -0.0437.